The van der Waals surface area contributed by atoms with Gasteiger partial charge in [-0.1, -0.05) is 65.7 Å². The molecule has 1 saturated heterocycles. The van der Waals surface area contributed by atoms with E-state index in [1.165, 1.54) is 48.8 Å². The number of hydrogen-bond acceptors (Lipinski definition) is 5. The normalized spacial score (nSPS) is 22.5. The number of piperidine rings is 1. The van der Waals surface area contributed by atoms with Crippen LogP contribution in [-0.2, 0) is 4.79 Å². The third kappa shape index (κ3) is 7.98. The fraction of sp³-hybridized carbons (Fsp3) is 0.703. The van der Waals surface area contributed by atoms with E-state index in [0.29, 0.717) is 36.6 Å². The lowest BCUT2D eigenvalue weighted by Gasteiger charge is -2.45. The molecule has 4 atom stereocenters. The monoisotopic (exact) mass is 648 g/mol. The second-order valence-corrected chi connectivity index (χ2v) is 13.9. The van der Waals surface area contributed by atoms with Gasteiger partial charge in [-0.2, -0.15) is 0 Å². The SMILES string of the molecule is C#CCN1CCC2=C(C1)c1c(OC(=O)C(C)(CC)N3CCCCC3C)cc(C(C)C(C)CCCCC)cc1OC2(C)C.Cl.Cl. The zero-order chi connectivity index (χ0) is 30.7. The van der Waals surface area contributed by atoms with Gasteiger partial charge in [0.2, 0.25) is 0 Å². The fourth-order valence-electron chi connectivity index (χ4n) is 7.45. The van der Waals surface area contributed by atoms with Crippen molar-refractivity contribution < 1.29 is 14.3 Å². The molecule has 0 saturated carbocycles. The first-order valence-electron chi connectivity index (χ1n) is 16.7. The summed E-state index contributed by atoms with van der Waals surface area (Å²) in [5.41, 5.74) is 3.51. The third-order valence-corrected chi connectivity index (χ3v) is 10.6. The summed E-state index contributed by atoms with van der Waals surface area (Å²) in [5, 5.41) is 0. The molecule has 0 bridgehead atoms. The van der Waals surface area contributed by atoms with Crippen LogP contribution in [-0.4, -0.2) is 59.1 Å². The Kier molecular flexibility index (Phi) is 14.2. The number of rotatable bonds is 11. The minimum absolute atomic E-state index is 0. The minimum Gasteiger partial charge on any atom is -0.483 e. The van der Waals surface area contributed by atoms with E-state index in [2.05, 4.69) is 83.2 Å². The van der Waals surface area contributed by atoms with Gasteiger partial charge in [0.05, 0.1) is 12.1 Å². The summed E-state index contributed by atoms with van der Waals surface area (Å²) >= 11 is 0. The Labute approximate surface area is 280 Å². The molecule has 0 spiro atoms. The number of esters is 1. The lowest BCUT2D eigenvalue weighted by atomic mass is 9.79. The van der Waals surface area contributed by atoms with Gasteiger partial charge >= 0.3 is 5.97 Å². The van der Waals surface area contributed by atoms with Crippen molar-refractivity contribution in [3.63, 3.8) is 0 Å². The van der Waals surface area contributed by atoms with E-state index in [9.17, 15) is 4.79 Å². The summed E-state index contributed by atoms with van der Waals surface area (Å²) in [6.07, 6.45) is 15.7. The number of carbonyl (C=O) groups excluding carboxylic acids is 1. The number of carbonyl (C=O) groups is 1. The summed E-state index contributed by atoms with van der Waals surface area (Å²) in [6.45, 7) is 20.9. The summed E-state index contributed by atoms with van der Waals surface area (Å²) in [5.74, 6) is 4.98. The molecule has 0 N–H and O–H groups in total. The molecule has 3 aliphatic rings. The number of unbranched alkanes of at least 4 members (excludes halogenated alkanes) is 2. The fourth-order valence-corrected chi connectivity index (χ4v) is 7.45. The molecule has 4 unspecified atom stereocenters. The van der Waals surface area contributed by atoms with Crippen molar-refractivity contribution in [2.75, 3.05) is 26.2 Å². The van der Waals surface area contributed by atoms with E-state index in [0.717, 1.165) is 50.2 Å². The maximum atomic E-state index is 14.3. The molecule has 248 valence electrons. The molecule has 0 radical (unpaired) electrons. The Hall–Kier alpha value is -1.71. The van der Waals surface area contributed by atoms with Crippen LogP contribution in [0.3, 0.4) is 0 Å². The number of hydrogen-bond donors (Lipinski definition) is 0. The molecule has 5 nitrogen and oxygen atoms in total. The van der Waals surface area contributed by atoms with Crippen LogP contribution >= 0.6 is 24.8 Å². The third-order valence-electron chi connectivity index (χ3n) is 10.6. The Morgan fingerprint density at radius 3 is 2.55 bits per heavy atom. The van der Waals surface area contributed by atoms with Crippen LogP contribution < -0.4 is 9.47 Å². The van der Waals surface area contributed by atoms with Gasteiger partial charge in [0.25, 0.3) is 0 Å². The zero-order valence-electron chi connectivity index (χ0n) is 28.6. The van der Waals surface area contributed by atoms with Gasteiger partial charge in [-0.15, -0.1) is 31.2 Å². The molecule has 7 heteroatoms. The maximum absolute atomic E-state index is 14.3. The smallest absolute Gasteiger partial charge is 0.331 e. The van der Waals surface area contributed by atoms with E-state index in [4.69, 9.17) is 15.9 Å². The van der Waals surface area contributed by atoms with Crippen molar-refractivity contribution in [3.05, 3.63) is 28.8 Å². The molecule has 0 amide bonds. The van der Waals surface area contributed by atoms with Gasteiger partial charge < -0.3 is 9.47 Å². The van der Waals surface area contributed by atoms with Gasteiger partial charge in [-0.05, 0) is 101 Å². The average Bonchev–Trinajstić information content (AvgIpc) is 2.96. The van der Waals surface area contributed by atoms with Crippen LogP contribution in [0.5, 0.6) is 11.5 Å². The predicted molar refractivity (Wildman–Crippen MR) is 189 cm³/mol. The van der Waals surface area contributed by atoms with Gasteiger partial charge in [0, 0.05) is 19.1 Å². The number of nitrogens with zero attached hydrogens (tertiary/aromatic N) is 2. The van der Waals surface area contributed by atoms with Gasteiger partial charge in [0.15, 0.2) is 0 Å². The second-order valence-electron chi connectivity index (χ2n) is 13.9. The number of likely N-dealkylation sites (tertiary alicyclic amines) is 1. The topological polar surface area (TPSA) is 42.0 Å². The highest BCUT2D eigenvalue weighted by molar-refractivity contribution is 5.88. The quantitative estimate of drug-likeness (QED) is 0.104. The van der Waals surface area contributed by atoms with Gasteiger partial charge in [-0.3, -0.25) is 9.80 Å². The summed E-state index contributed by atoms with van der Waals surface area (Å²) < 4.78 is 13.4. The maximum Gasteiger partial charge on any atom is 0.331 e. The predicted octanol–water partition coefficient (Wildman–Crippen LogP) is 9.06. The van der Waals surface area contributed by atoms with E-state index < -0.39 is 11.1 Å². The highest BCUT2D eigenvalue weighted by Crippen LogP contribution is 2.50. The summed E-state index contributed by atoms with van der Waals surface area (Å²) in [4.78, 5) is 19.0. The van der Waals surface area contributed by atoms with Crippen molar-refractivity contribution in [2.24, 2.45) is 5.92 Å². The van der Waals surface area contributed by atoms with E-state index >= 15 is 0 Å². The number of terminal acetylenes is 1. The highest BCUT2D eigenvalue weighted by atomic mass is 35.5. The van der Waals surface area contributed by atoms with Crippen molar-refractivity contribution in [1.82, 2.24) is 9.80 Å². The van der Waals surface area contributed by atoms with Crippen LogP contribution in [0.25, 0.3) is 5.57 Å². The molecule has 0 aromatic heterocycles. The molecule has 3 heterocycles. The van der Waals surface area contributed by atoms with Crippen LogP contribution in [0.1, 0.15) is 130 Å². The summed E-state index contributed by atoms with van der Waals surface area (Å²) in [7, 11) is 0. The second kappa shape index (κ2) is 16.2. The zero-order valence-corrected chi connectivity index (χ0v) is 30.2. The number of halogens is 2. The molecule has 0 aliphatic carbocycles. The first-order valence-corrected chi connectivity index (χ1v) is 16.7. The van der Waals surface area contributed by atoms with Gasteiger partial charge in [0.1, 0.15) is 22.6 Å². The number of ether oxygens (including phenoxy) is 2. The van der Waals surface area contributed by atoms with Crippen LogP contribution in [0.2, 0.25) is 0 Å². The molecular formula is C37H58Cl2N2O3. The lowest BCUT2D eigenvalue weighted by Crippen LogP contribution is -2.58. The van der Waals surface area contributed by atoms with Gasteiger partial charge in [-0.25, -0.2) is 4.79 Å². The molecule has 1 aromatic rings. The van der Waals surface area contributed by atoms with Crippen molar-refractivity contribution in [3.8, 4) is 23.8 Å². The number of benzene rings is 1. The molecule has 4 rings (SSSR count). The van der Waals surface area contributed by atoms with Crippen molar-refractivity contribution >= 4 is 36.4 Å². The van der Waals surface area contributed by atoms with Crippen molar-refractivity contribution in [2.45, 2.75) is 136 Å². The molecule has 44 heavy (non-hydrogen) atoms. The lowest BCUT2D eigenvalue weighted by molar-refractivity contribution is -0.150. The van der Waals surface area contributed by atoms with Crippen molar-refractivity contribution in [1.29, 1.82) is 0 Å². The van der Waals surface area contributed by atoms with E-state index in [1.807, 2.05) is 0 Å². The molecule has 1 aromatic carbocycles. The Morgan fingerprint density at radius 2 is 1.91 bits per heavy atom. The first kappa shape index (κ1) is 38.5. The Bertz CT molecular complexity index is 1210. The molecular weight excluding hydrogens is 591 g/mol. The largest absolute Gasteiger partial charge is 0.483 e. The average molecular weight is 650 g/mol. The van der Waals surface area contributed by atoms with Crippen LogP contribution in [0.4, 0.5) is 0 Å². The minimum atomic E-state index is -0.685. The van der Waals surface area contributed by atoms with Crippen LogP contribution in [0.15, 0.2) is 17.7 Å². The van der Waals surface area contributed by atoms with E-state index in [1.54, 1.807) is 0 Å². The Morgan fingerprint density at radius 1 is 1.18 bits per heavy atom. The first-order chi connectivity index (χ1) is 20.0. The highest BCUT2D eigenvalue weighted by Gasteiger charge is 2.44. The molecule has 3 aliphatic heterocycles. The van der Waals surface area contributed by atoms with E-state index in [-0.39, 0.29) is 30.8 Å². The molecule has 1 fully saturated rings. The van der Waals surface area contributed by atoms with Crippen LogP contribution in [0, 0.1) is 18.3 Å². The Balaban J connectivity index is 0.00000337. The summed E-state index contributed by atoms with van der Waals surface area (Å²) in [6, 6.07) is 4.74. The standard InChI is InChI=1S/C37H56N2O3.2ClH/c1-10-13-14-17-26(4)28(6)29-23-32(41-35(40)37(9,12-3)39-21-16-15-18-27(39)5)34-30-25-38(20-11-2)22-19-31(30)36(7,8)42-33(34)24-29;;/h2,23-24,26-28H,10,12-22,25H2,1,3-9H3;2*1H. The number of fused-ring (bicyclic) bond motifs is 2.